The van der Waals surface area contributed by atoms with Gasteiger partial charge in [0.2, 0.25) is 5.91 Å². The van der Waals surface area contributed by atoms with Crippen LogP contribution in [0, 0.1) is 5.82 Å². The number of ether oxygens (including phenoxy) is 1. The zero-order valence-corrected chi connectivity index (χ0v) is 14.9. The molecule has 1 N–H and O–H groups in total. The van der Waals surface area contributed by atoms with Crippen molar-refractivity contribution in [2.24, 2.45) is 0 Å². The first-order valence-corrected chi connectivity index (χ1v) is 9.07. The number of halogens is 1. The highest BCUT2D eigenvalue weighted by molar-refractivity contribution is 8.01. The molecular formula is C17H14FN3O2S2. The molecular weight excluding hydrogens is 361 g/mol. The second-order valence-electron chi connectivity index (χ2n) is 4.93. The van der Waals surface area contributed by atoms with E-state index in [1.54, 1.807) is 19.2 Å². The highest BCUT2D eigenvalue weighted by Crippen LogP contribution is 2.26. The van der Waals surface area contributed by atoms with Crippen molar-refractivity contribution in [3.05, 3.63) is 54.3 Å². The van der Waals surface area contributed by atoms with Crippen molar-refractivity contribution >= 4 is 34.9 Å². The third kappa shape index (κ3) is 4.55. The summed E-state index contributed by atoms with van der Waals surface area (Å²) in [6.07, 6.45) is 0. The van der Waals surface area contributed by atoms with Crippen molar-refractivity contribution in [1.82, 2.24) is 9.36 Å². The molecule has 1 amide bonds. The van der Waals surface area contributed by atoms with Gasteiger partial charge < -0.3 is 10.1 Å². The van der Waals surface area contributed by atoms with Crippen molar-refractivity contribution in [2.45, 2.75) is 4.34 Å². The fourth-order valence-corrected chi connectivity index (χ4v) is 3.42. The van der Waals surface area contributed by atoms with Crippen LogP contribution in [0.3, 0.4) is 0 Å². The summed E-state index contributed by atoms with van der Waals surface area (Å²) >= 11 is 2.48. The molecule has 0 fully saturated rings. The van der Waals surface area contributed by atoms with E-state index in [4.69, 9.17) is 4.74 Å². The van der Waals surface area contributed by atoms with Crippen LogP contribution in [-0.2, 0) is 4.79 Å². The number of hydrogen-bond donors (Lipinski definition) is 1. The largest absolute Gasteiger partial charge is 0.497 e. The molecule has 25 heavy (non-hydrogen) atoms. The molecule has 0 saturated heterocycles. The molecule has 0 spiro atoms. The van der Waals surface area contributed by atoms with Crippen LogP contribution in [0.1, 0.15) is 0 Å². The van der Waals surface area contributed by atoms with Crippen LogP contribution in [0.5, 0.6) is 5.75 Å². The van der Waals surface area contributed by atoms with Gasteiger partial charge in [-0.1, -0.05) is 23.9 Å². The number of nitrogens with zero attached hydrogens (tertiary/aromatic N) is 2. The van der Waals surface area contributed by atoms with Crippen LogP contribution in [-0.4, -0.2) is 28.1 Å². The molecule has 1 heterocycles. The van der Waals surface area contributed by atoms with E-state index in [0.29, 0.717) is 10.2 Å². The van der Waals surface area contributed by atoms with Crippen LogP contribution in [0.2, 0.25) is 0 Å². The number of methoxy groups -OCH3 is 1. The smallest absolute Gasteiger partial charge is 0.234 e. The van der Waals surface area contributed by atoms with E-state index in [0.717, 1.165) is 11.3 Å². The lowest BCUT2D eigenvalue weighted by molar-refractivity contribution is -0.113. The lowest BCUT2D eigenvalue weighted by Crippen LogP contribution is -2.14. The molecule has 0 bridgehead atoms. The van der Waals surface area contributed by atoms with Crippen LogP contribution < -0.4 is 10.1 Å². The van der Waals surface area contributed by atoms with Gasteiger partial charge in [0, 0.05) is 5.56 Å². The Bertz CT molecular complexity index is 868. The quantitative estimate of drug-likeness (QED) is 0.658. The fourth-order valence-electron chi connectivity index (χ4n) is 2.00. The Morgan fingerprint density at radius 2 is 2.00 bits per heavy atom. The third-order valence-electron chi connectivity index (χ3n) is 3.23. The van der Waals surface area contributed by atoms with Gasteiger partial charge in [0.1, 0.15) is 11.6 Å². The van der Waals surface area contributed by atoms with Gasteiger partial charge in [0.15, 0.2) is 10.2 Å². The molecule has 8 heteroatoms. The number of nitrogens with one attached hydrogen (secondary N) is 1. The van der Waals surface area contributed by atoms with Gasteiger partial charge in [0.25, 0.3) is 0 Å². The fraction of sp³-hybridized carbons (Fsp3) is 0.118. The van der Waals surface area contributed by atoms with Crippen LogP contribution in [0.25, 0.3) is 11.4 Å². The van der Waals surface area contributed by atoms with Gasteiger partial charge in [0.05, 0.1) is 18.6 Å². The van der Waals surface area contributed by atoms with Gasteiger partial charge in [-0.25, -0.2) is 9.37 Å². The van der Waals surface area contributed by atoms with Crippen molar-refractivity contribution in [2.75, 3.05) is 18.2 Å². The molecule has 0 aliphatic rings. The van der Waals surface area contributed by atoms with E-state index in [1.807, 2.05) is 24.3 Å². The Morgan fingerprint density at radius 3 is 2.72 bits per heavy atom. The minimum Gasteiger partial charge on any atom is -0.497 e. The monoisotopic (exact) mass is 375 g/mol. The summed E-state index contributed by atoms with van der Waals surface area (Å²) in [5, 5.41) is 2.54. The summed E-state index contributed by atoms with van der Waals surface area (Å²) in [5.74, 6) is 0.740. The number of thioether (sulfide) groups is 1. The zero-order valence-electron chi connectivity index (χ0n) is 13.2. The molecule has 0 aliphatic carbocycles. The van der Waals surface area contributed by atoms with E-state index in [2.05, 4.69) is 14.7 Å². The van der Waals surface area contributed by atoms with Gasteiger partial charge in [-0.3, -0.25) is 4.79 Å². The first kappa shape index (κ1) is 17.4. The maximum absolute atomic E-state index is 13.5. The second kappa shape index (κ2) is 8.09. The summed E-state index contributed by atoms with van der Waals surface area (Å²) in [7, 11) is 1.61. The summed E-state index contributed by atoms with van der Waals surface area (Å²) in [6.45, 7) is 0. The second-order valence-corrected chi connectivity index (χ2v) is 6.90. The van der Waals surface area contributed by atoms with Crippen LogP contribution >= 0.6 is 23.3 Å². The summed E-state index contributed by atoms with van der Waals surface area (Å²) in [6, 6.07) is 13.5. The molecule has 128 valence electrons. The standard InChI is InChI=1S/C17H14FN3O2S2/c1-23-12-8-6-11(7-9-12)16-20-17(25-21-16)24-10-15(22)19-14-5-3-2-4-13(14)18/h2-9H,10H2,1H3,(H,19,22). The SMILES string of the molecule is COc1ccc(-c2nsc(SCC(=O)Nc3ccccc3F)n2)cc1. The molecule has 0 unspecified atom stereocenters. The molecule has 0 atom stereocenters. The van der Waals surface area contributed by atoms with Crippen molar-refractivity contribution in [3.63, 3.8) is 0 Å². The van der Waals surface area contributed by atoms with E-state index >= 15 is 0 Å². The highest BCUT2D eigenvalue weighted by Gasteiger charge is 2.11. The lowest BCUT2D eigenvalue weighted by Gasteiger charge is -2.04. The van der Waals surface area contributed by atoms with Gasteiger partial charge in [-0.05, 0) is 47.9 Å². The van der Waals surface area contributed by atoms with Gasteiger partial charge in [-0.2, -0.15) is 4.37 Å². The highest BCUT2D eigenvalue weighted by atomic mass is 32.2. The number of hydrogen-bond acceptors (Lipinski definition) is 6. The molecule has 0 aliphatic heterocycles. The topological polar surface area (TPSA) is 64.1 Å². The summed E-state index contributed by atoms with van der Waals surface area (Å²) in [5.41, 5.74) is 1.05. The van der Waals surface area contributed by atoms with Gasteiger partial charge in [-0.15, -0.1) is 0 Å². The van der Waals surface area contributed by atoms with Crippen molar-refractivity contribution in [1.29, 1.82) is 0 Å². The molecule has 2 aromatic carbocycles. The normalized spacial score (nSPS) is 10.5. The number of carbonyl (C=O) groups is 1. The molecule has 0 radical (unpaired) electrons. The minimum absolute atomic E-state index is 0.131. The first-order valence-electron chi connectivity index (χ1n) is 7.31. The van der Waals surface area contributed by atoms with E-state index in [9.17, 15) is 9.18 Å². The average molecular weight is 375 g/mol. The van der Waals surface area contributed by atoms with Crippen molar-refractivity contribution < 1.29 is 13.9 Å². The Hall–Kier alpha value is -2.45. The summed E-state index contributed by atoms with van der Waals surface area (Å²) < 4.78 is 23.6. The van der Waals surface area contributed by atoms with E-state index in [1.165, 1.54) is 35.4 Å². The van der Waals surface area contributed by atoms with E-state index < -0.39 is 5.82 Å². The minimum atomic E-state index is -0.460. The molecule has 0 saturated carbocycles. The number of aromatic nitrogens is 2. The molecule has 3 aromatic rings. The molecule has 5 nitrogen and oxygen atoms in total. The number of anilines is 1. The van der Waals surface area contributed by atoms with Crippen molar-refractivity contribution in [3.8, 4) is 17.1 Å². The molecule has 3 rings (SSSR count). The average Bonchev–Trinajstić information content (AvgIpc) is 3.11. The number of carbonyl (C=O) groups excluding carboxylic acids is 1. The number of amides is 1. The number of rotatable bonds is 6. The first-order chi connectivity index (χ1) is 12.2. The Kier molecular flexibility index (Phi) is 5.62. The third-order valence-corrected chi connectivity index (χ3v) is 5.06. The van der Waals surface area contributed by atoms with Crippen LogP contribution in [0.4, 0.5) is 10.1 Å². The lowest BCUT2D eigenvalue weighted by atomic mass is 10.2. The molecule has 1 aromatic heterocycles. The predicted molar refractivity (Wildman–Crippen MR) is 97.7 cm³/mol. The Morgan fingerprint density at radius 1 is 1.24 bits per heavy atom. The predicted octanol–water partition coefficient (Wildman–Crippen LogP) is 4.08. The van der Waals surface area contributed by atoms with Gasteiger partial charge >= 0.3 is 0 Å². The van der Waals surface area contributed by atoms with E-state index in [-0.39, 0.29) is 17.3 Å². The summed E-state index contributed by atoms with van der Waals surface area (Å²) in [4.78, 5) is 16.3. The van der Waals surface area contributed by atoms with Crippen LogP contribution in [0.15, 0.2) is 52.9 Å². The Labute approximate surface area is 152 Å². The number of benzene rings is 2. The maximum Gasteiger partial charge on any atom is 0.234 e. The number of para-hydroxylation sites is 1. The Balaban J connectivity index is 1.58. The zero-order chi connectivity index (χ0) is 17.6. The maximum atomic E-state index is 13.5.